The Balaban J connectivity index is 1.34. The summed E-state index contributed by atoms with van der Waals surface area (Å²) in [5.74, 6) is 3.26. The van der Waals surface area contributed by atoms with Gasteiger partial charge in [-0.25, -0.2) is 0 Å². The molecule has 0 atom stereocenters. The SMILES string of the molecule is Cc1c(C(=O)NC2C3CC4CC(C3)CC2C4)nn(C)c1Cc1ccccc1. The van der Waals surface area contributed by atoms with Gasteiger partial charge in [-0.1, -0.05) is 30.3 Å². The van der Waals surface area contributed by atoms with Crippen LogP contribution in [0.5, 0.6) is 0 Å². The lowest BCUT2D eigenvalue weighted by Crippen LogP contribution is -2.55. The zero-order valence-electron chi connectivity index (χ0n) is 16.3. The molecule has 27 heavy (non-hydrogen) atoms. The van der Waals surface area contributed by atoms with Crippen molar-refractivity contribution in [1.29, 1.82) is 0 Å². The second-order valence-corrected chi connectivity index (χ2v) is 9.14. The number of carbonyl (C=O) groups is 1. The summed E-state index contributed by atoms with van der Waals surface area (Å²) in [5, 5.41) is 8.00. The van der Waals surface area contributed by atoms with Crippen molar-refractivity contribution >= 4 is 5.91 Å². The van der Waals surface area contributed by atoms with Crippen molar-refractivity contribution in [1.82, 2.24) is 15.1 Å². The number of rotatable bonds is 4. The maximum atomic E-state index is 13.1. The van der Waals surface area contributed by atoms with Gasteiger partial charge in [-0.15, -0.1) is 0 Å². The van der Waals surface area contributed by atoms with E-state index in [1.807, 2.05) is 24.7 Å². The fourth-order valence-corrected chi connectivity index (χ4v) is 6.30. The van der Waals surface area contributed by atoms with E-state index in [1.165, 1.54) is 37.7 Å². The standard InChI is InChI=1S/C23H29N3O/c1-14-20(13-15-6-4-3-5-7-15)26(2)25-21(14)23(27)24-22-18-9-16-8-17(11-18)12-19(22)10-16/h3-7,16-19,22H,8-13H2,1-2H3,(H,24,27). The quantitative estimate of drug-likeness (QED) is 0.896. The number of amides is 1. The molecule has 0 radical (unpaired) electrons. The predicted octanol–water partition coefficient (Wildman–Crippen LogP) is 3.87. The second kappa shape index (κ2) is 6.50. The van der Waals surface area contributed by atoms with Crippen LogP contribution in [0.4, 0.5) is 0 Å². The first kappa shape index (κ1) is 17.0. The molecule has 1 aromatic carbocycles. The number of carbonyl (C=O) groups excluding carboxylic acids is 1. The lowest BCUT2D eigenvalue weighted by atomic mass is 9.54. The number of nitrogens with one attached hydrogen (secondary N) is 1. The zero-order chi connectivity index (χ0) is 18.5. The smallest absolute Gasteiger partial charge is 0.272 e. The fraction of sp³-hybridized carbons (Fsp3) is 0.565. The Morgan fingerprint density at radius 2 is 1.70 bits per heavy atom. The first-order valence-electron chi connectivity index (χ1n) is 10.5. The van der Waals surface area contributed by atoms with Gasteiger partial charge in [0.2, 0.25) is 0 Å². The molecule has 4 nitrogen and oxygen atoms in total. The van der Waals surface area contributed by atoms with Gasteiger partial charge in [0.15, 0.2) is 5.69 Å². The van der Waals surface area contributed by atoms with Gasteiger partial charge in [0, 0.05) is 30.8 Å². The molecule has 4 saturated carbocycles. The molecule has 0 aliphatic heterocycles. The summed E-state index contributed by atoms with van der Waals surface area (Å²) in [5.41, 5.74) is 3.99. The number of nitrogens with zero attached hydrogens (tertiary/aromatic N) is 2. The number of benzene rings is 1. The molecule has 4 heteroatoms. The average Bonchev–Trinajstić information content (AvgIpc) is 2.93. The first-order valence-corrected chi connectivity index (χ1v) is 10.5. The van der Waals surface area contributed by atoms with E-state index >= 15 is 0 Å². The Hall–Kier alpha value is -2.10. The zero-order valence-corrected chi connectivity index (χ0v) is 16.3. The molecule has 2 aromatic rings. The van der Waals surface area contributed by atoms with E-state index in [9.17, 15) is 4.79 Å². The lowest BCUT2D eigenvalue weighted by molar-refractivity contribution is -0.0120. The minimum atomic E-state index is 0.0277. The molecule has 0 unspecified atom stereocenters. The summed E-state index contributed by atoms with van der Waals surface area (Å²) < 4.78 is 1.88. The molecule has 1 amide bonds. The molecule has 4 bridgehead atoms. The van der Waals surface area contributed by atoms with E-state index in [2.05, 4.69) is 34.7 Å². The highest BCUT2D eigenvalue weighted by Crippen LogP contribution is 2.53. The van der Waals surface area contributed by atoms with E-state index in [-0.39, 0.29) is 5.91 Å². The van der Waals surface area contributed by atoms with Gasteiger partial charge < -0.3 is 5.32 Å². The predicted molar refractivity (Wildman–Crippen MR) is 105 cm³/mol. The van der Waals surface area contributed by atoms with Crippen LogP contribution in [0.2, 0.25) is 0 Å². The average molecular weight is 364 g/mol. The van der Waals surface area contributed by atoms with Gasteiger partial charge in [0.1, 0.15) is 0 Å². The van der Waals surface area contributed by atoms with Gasteiger partial charge in [-0.05, 0) is 68.3 Å². The molecule has 1 N–H and O–H groups in total. The van der Waals surface area contributed by atoms with Gasteiger partial charge in [0.25, 0.3) is 5.91 Å². The van der Waals surface area contributed by atoms with E-state index in [0.29, 0.717) is 23.6 Å². The Morgan fingerprint density at radius 1 is 1.07 bits per heavy atom. The topological polar surface area (TPSA) is 46.9 Å². The molecule has 0 spiro atoms. The van der Waals surface area contributed by atoms with Crippen LogP contribution in [0.15, 0.2) is 30.3 Å². The summed E-state index contributed by atoms with van der Waals surface area (Å²) in [6.45, 7) is 2.04. The van der Waals surface area contributed by atoms with Gasteiger partial charge in [-0.2, -0.15) is 5.10 Å². The summed E-state index contributed by atoms with van der Waals surface area (Å²) in [6.07, 6.45) is 7.52. The summed E-state index contributed by atoms with van der Waals surface area (Å²) >= 11 is 0. The number of aromatic nitrogens is 2. The molecular weight excluding hydrogens is 334 g/mol. The Labute approximate surface area is 161 Å². The van der Waals surface area contributed by atoms with Crippen molar-refractivity contribution in [3.63, 3.8) is 0 Å². The van der Waals surface area contributed by atoms with Crippen molar-refractivity contribution < 1.29 is 4.79 Å². The van der Waals surface area contributed by atoms with Crippen LogP contribution in [0.3, 0.4) is 0 Å². The molecule has 4 fully saturated rings. The highest BCUT2D eigenvalue weighted by molar-refractivity contribution is 5.94. The lowest BCUT2D eigenvalue weighted by Gasteiger charge is -2.54. The number of hydrogen-bond donors (Lipinski definition) is 1. The van der Waals surface area contributed by atoms with Gasteiger partial charge in [0.05, 0.1) is 0 Å². The van der Waals surface area contributed by atoms with Gasteiger partial charge in [-0.3, -0.25) is 9.48 Å². The van der Waals surface area contributed by atoms with Crippen LogP contribution in [0, 0.1) is 30.6 Å². The van der Waals surface area contributed by atoms with Crippen LogP contribution in [0.25, 0.3) is 0 Å². The molecule has 4 aliphatic carbocycles. The van der Waals surface area contributed by atoms with Crippen LogP contribution >= 0.6 is 0 Å². The Kier molecular flexibility index (Phi) is 4.10. The molecule has 0 saturated heterocycles. The summed E-state index contributed by atoms with van der Waals surface area (Å²) in [7, 11) is 1.95. The Morgan fingerprint density at radius 3 is 2.33 bits per heavy atom. The summed E-state index contributed by atoms with van der Waals surface area (Å²) in [4.78, 5) is 13.1. The van der Waals surface area contributed by atoms with Crippen molar-refractivity contribution in [2.75, 3.05) is 0 Å². The van der Waals surface area contributed by atoms with Crippen molar-refractivity contribution in [2.45, 2.75) is 51.5 Å². The van der Waals surface area contributed by atoms with Crippen molar-refractivity contribution in [3.8, 4) is 0 Å². The highest BCUT2D eigenvalue weighted by Gasteiger charge is 2.48. The normalized spacial score (nSPS) is 31.3. The second-order valence-electron chi connectivity index (χ2n) is 9.14. The Bertz CT molecular complexity index is 826. The van der Waals surface area contributed by atoms with Crippen LogP contribution in [0.1, 0.15) is 59.4 Å². The maximum Gasteiger partial charge on any atom is 0.272 e. The number of hydrogen-bond acceptors (Lipinski definition) is 2. The van der Waals surface area contributed by atoms with E-state index in [4.69, 9.17) is 0 Å². The minimum absolute atomic E-state index is 0.0277. The third-order valence-electron chi connectivity index (χ3n) is 7.38. The van der Waals surface area contributed by atoms with Crippen molar-refractivity contribution in [3.05, 3.63) is 52.8 Å². The minimum Gasteiger partial charge on any atom is -0.347 e. The van der Waals surface area contributed by atoms with Crippen LogP contribution < -0.4 is 5.32 Å². The molecular formula is C23H29N3O. The van der Waals surface area contributed by atoms with Crippen LogP contribution in [-0.2, 0) is 13.5 Å². The largest absolute Gasteiger partial charge is 0.347 e. The first-order chi connectivity index (χ1) is 13.1. The van der Waals surface area contributed by atoms with Crippen molar-refractivity contribution in [2.24, 2.45) is 30.7 Å². The summed E-state index contributed by atoms with van der Waals surface area (Å²) in [6, 6.07) is 10.8. The third-order valence-corrected chi connectivity index (χ3v) is 7.38. The monoisotopic (exact) mass is 363 g/mol. The molecule has 1 aromatic heterocycles. The molecule has 4 aliphatic rings. The highest BCUT2D eigenvalue weighted by atomic mass is 16.2. The number of aryl methyl sites for hydroxylation is 1. The van der Waals surface area contributed by atoms with E-state index in [0.717, 1.165) is 29.5 Å². The maximum absolute atomic E-state index is 13.1. The fourth-order valence-electron chi connectivity index (χ4n) is 6.30. The third kappa shape index (κ3) is 2.99. The van der Waals surface area contributed by atoms with E-state index < -0.39 is 0 Å². The van der Waals surface area contributed by atoms with E-state index in [1.54, 1.807) is 0 Å². The molecule has 1 heterocycles. The molecule has 142 valence electrons. The van der Waals surface area contributed by atoms with Gasteiger partial charge >= 0.3 is 0 Å². The molecule has 6 rings (SSSR count). The van der Waals surface area contributed by atoms with Crippen LogP contribution in [-0.4, -0.2) is 21.7 Å².